The number of benzene rings is 2. The summed E-state index contributed by atoms with van der Waals surface area (Å²) in [6.07, 6.45) is 2.56. The van der Waals surface area contributed by atoms with Crippen LogP contribution in [-0.4, -0.2) is 23.4 Å². The summed E-state index contributed by atoms with van der Waals surface area (Å²) in [5.74, 6) is 0.780. The van der Waals surface area contributed by atoms with E-state index in [1.54, 1.807) is 0 Å². The average molecular weight is 574 g/mol. The van der Waals surface area contributed by atoms with Crippen molar-refractivity contribution in [2.75, 3.05) is 13.2 Å². The third-order valence-electron chi connectivity index (χ3n) is 6.39. The van der Waals surface area contributed by atoms with Crippen molar-refractivity contribution in [2.45, 2.75) is 127 Å². The molecule has 39 heavy (non-hydrogen) atoms. The minimum Gasteiger partial charge on any atom is -0.507 e. The lowest BCUT2D eigenvalue weighted by atomic mass is 9.79. The van der Waals surface area contributed by atoms with Gasteiger partial charge in [-0.3, -0.25) is 0 Å². The highest BCUT2D eigenvalue weighted by Crippen LogP contribution is 2.42. The first-order valence-corrected chi connectivity index (χ1v) is 14.9. The van der Waals surface area contributed by atoms with Crippen molar-refractivity contribution in [1.82, 2.24) is 0 Å². The van der Waals surface area contributed by atoms with Gasteiger partial charge in [-0.1, -0.05) is 83.1 Å². The molecule has 1 heterocycles. The van der Waals surface area contributed by atoms with Crippen LogP contribution in [0, 0.1) is 6.57 Å². The number of ether oxygens (including phenoxy) is 1. The van der Waals surface area contributed by atoms with Gasteiger partial charge in [-0.25, -0.2) is 10.8 Å². The van der Waals surface area contributed by atoms with Crippen molar-refractivity contribution < 1.29 is 14.9 Å². The predicted molar refractivity (Wildman–Crippen MR) is 171 cm³/mol. The third kappa shape index (κ3) is 10.9. The molecule has 0 aliphatic carbocycles. The zero-order chi connectivity index (χ0) is 30.4. The molecule has 2 aromatic carbocycles. The molecule has 1 aliphatic heterocycles. The molecule has 2 N–H and O–H groups in total. The van der Waals surface area contributed by atoms with Gasteiger partial charge in [-0.05, 0) is 58.8 Å². The quantitative estimate of drug-likeness (QED) is 0.180. The number of nitrogens with zero attached hydrogens (tertiary/aromatic N) is 1. The Kier molecular flexibility index (Phi) is 12.4. The van der Waals surface area contributed by atoms with Crippen LogP contribution in [0.3, 0.4) is 0 Å². The number of aromatic hydroxyl groups is 2. The fourth-order valence-corrected chi connectivity index (χ4v) is 4.83. The molecule has 0 aromatic heterocycles. The first-order valence-electron chi connectivity index (χ1n) is 13.7. The van der Waals surface area contributed by atoms with Crippen molar-refractivity contribution in [3.63, 3.8) is 0 Å². The molecule has 0 spiro atoms. The van der Waals surface area contributed by atoms with Gasteiger partial charge in [0.2, 0.25) is 0 Å². The first kappa shape index (κ1) is 35.2. The third-order valence-corrected chi connectivity index (χ3v) is 7.18. The van der Waals surface area contributed by atoms with Gasteiger partial charge in [0.1, 0.15) is 11.5 Å². The van der Waals surface area contributed by atoms with Crippen LogP contribution in [0.5, 0.6) is 11.5 Å². The van der Waals surface area contributed by atoms with Gasteiger partial charge < -0.3 is 14.9 Å². The van der Waals surface area contributed by atoms with E-state index in [2.05, 4.69) is 100.0 Å². The van der Waals surface area contributed by atoms with E-state index in [0.717, 1.165) is 57.2 Å². The maximum absolute atomic E-state index is 10.5. The Morgan fingerprint density at radius 2 is 0.974 bits per heavy atom. The summed E-state index contributed by atoms with van der Waals surface area (Å²) < 4.78 is 8.31. The van der Waals surface area contributed by atoms with Crippen molar-refractivity contribution in [3.8, 4) is 11.5 Å². The average Bonchev–Trinajstić information content (AvgIpc) is 3.34. The summed E-state index contributed by atoms with van der Waals surface area (Å²) in [6, 6.07) is 7.75. The molecule has 1 fully saturated rings. The molecule has 1 saturated heterocycles. The molecule has 4 nitrogen and oxygen atoms in total. The van der Waals surface area contributed by atoms with Gasteiger partial charge in [0.05, 0.1) is 4.90 Å². The molecule has 0 bridgehead atoms. The lowest BCUT2D eigenvalue weighted by Gasteiger charge is -2.27. The second kappa shape index (κ2) is 13.7. The van der Waals surface area contributed by atoms with E-state index in [4.69, 9.17) is 11.3 Å². The Bertz CT molecular complexity index is 1060. The van der Waals surface area contributed by atoms with Gasteiger partial charge in [0, 0.05) is 40.4 Å². The van der Waals surface area contributed by atoms with E-state index < -0.39 is 0 Å². The minimum absolute atomic E-state index is 0.0666. The molecule has 0 amide bonds. The standard InChI is InChI=1S/C15H21NOS.C14H22OS.C4H8O/c1-14(2,3)11-8-10(18-16-7)9-12(13(11)17)15(4,5)6;1-13(2,3)10-7-9(16)8-11(12(10)15)14(4,5)6;1-2-4-5-3-1/h8-9,17H,1-6H3;7-8,15-16H,1-6H3;1-4H2. The highest BCUT2D eigenvalue weighted by atomic mass is 32.2. The molecular formula is C33H51NO3S2. The van der Waals surface area contributed by atoms with Crippen molar-refractivity contribution in [3.05, 3.63) is 57.3 Å². The van der Waals surface area contributed by atoms with Gasteiger partial charge in [-0.2, -0.15) is 0 Å². The molecule has 6 heteroatoms. The van der Waals surface area contributed by atoms with Crippen molar-refractivity contribution >= 4 is 24.6 Å². The van der Waals surface area contributed by atoms with Crippen molar-refractivity contribution in [1.29, 1.82) is 0 Å². The summed E-state index contributed by atoms with van der Waals surface area (Å²) >= 11 is 5.55. The van der Waals surface area contributed by atoms with Gasteiger partial charge in [0.15, 0.2) is 0 Å². The van der Waals surface area contributed by atoms with Crippen LogP contribution >= 0.6 is 24.6 Å². The smallest absolute Gasteiger partial charge is 0.294 e. The van der Waals surface area contributed by atoms with E-state index in [9.17, 15) is 10.2 Å². The number of phenols is 2. The second-order valence-electron chi connectivity index (χ2n) is 14.3. The zero-order valence-corrected chi connectivity index (χ0v) is 28.0. The second-order valence-corrected chi connectivity index (χ2v) is 15.6. The molecule has 0 saturated carbocycles. The van der Waals surface area contributed by atoms with Crippen LogP contribution in [0.15, 0.2) is 34.1 Å². The van der Waals surface area contributed by atoms with E-state index in [-0.39, 0.29) is 21.7 Å². The Balaban J connectivity index is 0.000000331. The highest BCUT2D eigenvalue weighted by Gasteiger charge is 2.28. The summed E-state index contributed by atoms with van der Waals surface area (Å²) in [4.78, 5) is 1.81. The van der Waals surface area contributed by atoms with Gasteiger partial charge >= 0.3 is 0 Å². The molecule has 3 rings (SSSR count). The molecule has 0 atom stereocenters. The van der Waals surface area contributed by atoms with Crippen LogP contribution in [-0.2, 0) is 26.4 Å². The fraction of sp³-hybridized carbons (Fsp3) is 0.606. The monoisotopic (exact) mass is 573 g/mol. The summed E-state index contributed by atoms with van der Waals surface area (Å²) in [6.45, 7) is 34.0. The summed E-state index contributed by atoms with van der Waals surface area (Å²) in [5, 5.41) is 20.8. The number of thiol groups is 1. The fourth-order valence-electron chi connectivity index (χ4n) is 4.13. The number of hydrogen-bond donors (Lipinski definition) is 3. The minimum atomic E-state index is -0.136. The Hall–Kier alpha value is -1.81. The molecule has 218 valence electrons. The van der Waals surface area contributed by atoms with Crippen LogP contribution in [0.2, 0.25) is 0 Å². The molecular weight excluding hydrogens is 523 g/mol. The Labute approximate surface area is 248 Å². The summed E-state index contributed by atoms with van der Waals surface area (Å²) in [5.41, 5.74) is 3.33. The molecule has 2 aromatic rings. The largest absolute Gasteiger partial charge is 0.507 e. The van der Waals surface area contributed by atoms with Gasteiger partial charge in [-0.15, -0.1) is 12.6 Å². The van der Waals surface area contributed by atoms with Gasteiger partial charge in [0.25, 0.3) is 11.9 Å². The maximum Gasteiger partial charge on any atom is 0.294 e. The zero-order valence-electron chi connectivity index (χ0n) is 26.2. The lowest BCUT2D eigenvalue weighted by Crippen LogP contribution is -2.17. The normalized spacial score (nSPS) is 14.1. The van der Waals surface area contributed by atoms with Crippen LogP contribution in [0.25, 0.3) is 4.25 Å². The number of hydrogen-bond acceptors (Lipinski definition) is 5. The van der Waals surface area contributed by atoms with E-state index in [1.807, 2.05) is 24.3 Å². The highest BCUT2D eigenvalue weighted by molar-refractivity contribution is 8.01. The molecule has 0 radical (unpaired) electrons. The molecule has 1 aliphatic rings. The van der Waals surface area contributed by atoms with E-state index in [0.29, 0.717) is 11.5 Å². The lowest BCUT2D eigenvalue weighted by molar-refractivity contribution is 0.198. The van der Waals surface area contributed by atoms with Crippen LogP contribution in [0.1, 0.15) is 118 Å². The summed E-state index contributed by atoms with van der Waals surface area (Å²) in [7, 11) is 0. The molecule has 0 unspecified atom stereocenters. The number of rotatable bonds is 1. The SMILES string of the molecule is C1CCOC1.CC(C)(C)c1cc(S)cc(C(C)(C)C)c1O.[C-]#[N+]Sc1cc(C(C)(C)C)c(O)c(C(C)(C)C)c1. The Morgan fingerprint density at radius 1 is 0.667 bits per heavy atom. The number of phenolic OH excluding ortho intramolecular Hbond substituents is 2. The Morgan fingerprint density at radius 3 is 1.21 bits per heavy atom. The van der Waals surface area contributed by atoms with Crippen LogP contribution in [0.4, 0.5) is 0 Å². The maximum atomic E-state index is 10.5. The topological polar surface area (TPSA) is 54.0 Å². The first-order chi connectivity index (χ1) is 17.6. The van der Waals surface area contributed by atoms with E-state index in [1.165, 1.54) is 12.8 Å². The predicted octanol–water partition coefficient (Wildman–Crippen LogP) is 9.99. The van der Waals surface area contributed by atoms with Crippen LogP contribution < -0.4 is 0 Å². The van der Waals surface area contributed by atoms with Crippen molar-refractivity contribution in [2.24, 2.45) is 0 Å². The van der Waals surface area contributed by atoms with E-state index >= 15 is 0 Å².